The first-order valence-corrected chi connectivity index (χ1v) is 14.7. The number of aliphatic hydroxyl groups is 3. The number of nitrogens with one attached hydrogen (secondary N) is 2. The summed E-state index contributed by atoms with van der Waals surface area (Å²) in [5, 5.41) is 34.8. The molecule has 5 N–H and O–H groups in total. The van der Waals surface area contributed by atoms with Crippen molar-refractivity contribution in [3.63, 3.8) is 0 Å². The van der Waals surface area contributed by atoms with Crippen molar-refractivity contribution in [3.8, 4) is 5.75 Å². The van der Waals surface area contributed by atoms with Crippen molar-refractivity contribution in [2.24, 2.45) is 0 Å². The van der Waals surface area contributed by atoms with Crippen LogP contribution in [0.5, 0.6) is 5.75 Å². The topological polar surface area (TPSA) is 201 Å². The van der Waals surface area contributed by atoms with E-state index in [2.05, 4.69) is 10.6 Å². The summed E-state index contributed by atoms with van der Waals surface area (Å²) in [6.07, 6.45) is -0.203. The molecule has 0 aromatic heterocycles. The first kappa shape index (κ1) is 36.3. The third kappa shape index (κ3) is 11.7. The lowest BCUT2D eigenvalue weighted by atomic mass is 10.0. The fourth-order valence-corrected chi connectivity index (χ4v) is 4.34. The van der Waals surface area contributed by atoms with Gasteiger partial charge in [-0.2, -0.15) is 0 Å². The molecule has 4 unspecified atom stereocenters. The fourth-order valence-electron chi connectivity index (χ4n) is 4.34. The zero-order valence-corrected chi connectivity index (χ0v) is 25.3. The maximum atomic E-state index is 12.7. The molecular formula is C30H43N3O11. The van der Waals surface area contributed by atoms with E-state index in [-0.39, 0.29) is 61.6 Å². The molecule has 1 saturated heterocycles. The lowest BCUT2D eigenvalue weighted by molar-refractivity contribution is -0.229. The minimum Gasteiger partial charge on any atom is -0.463 e. The Hall–Kier alpha value is -3.85. The number of hydrogen-bond acceptors (Lipinski definition) is 11. The monoisotopic (exact) mass is 621 g/mol. The molecule has 4 amide bonds. The van der Waals surface area contributed by atoms with E-state index in [1.165, 1.54) is 25.1 Å². The predicted octanol–water partition coefficient (Wildman–Crippen LogP) is 0.914. The third-order valence-corrected chi connectivity index (χ3v) is 6.59. The quantitative estimate of drug-likeness (QED) is 0.106. The maximum absolute atomic E-state index is 12.7. The highest BCUT2D eigenvalue weighted by atomic mass is 16.7. The Morgan fingerprint density at radius 3 is 2.39 bits per heavy atom. The number of nitrogens with zero attached hydrogens (tertiary/aromatic N) is 1. The molecule has 14 nitrogen and oxygen atoms in total. The van der Waals surface area contributed by atoms with E-state index in [0.717, 1.165) is 4.90 Å². The maximum Gasteiger partial charge on any atom is 0.302 e. The molecule has 2 aliphatic heterocycles. The second-order valence-electron chi connectivity index (χ2n) is 9.93. The zero-order valence-electron chi connectivity index (χ0n) is 25.3. The van der Waals surface area contributed by atoms with Gasteiger partial charge in [-0.05, 0) is 30.5 Å². The van der Waals surface area contributed by atoms with Gasteiger partial charge in [-0.3, -0.25) is 28.9 Å². The van der Waals surface area contributed by atoms with Crippen molar-refractivity contribution < 1.29 is 53.5 Å². The highest BCUT2D eigenvalue weighted by molar-refractivity contribution is 6.12. The molecule has 14 heteroatoms. The minimum absolute atomic E-state index is 0.0481. The van der Waals surface area contributed by atoms with Gasteiger partial charge in [-0.15, -0.1) is 0 Å². The normalized spacial score (nSPS) is 20.9. The minimum atomic E-state index is -1.28. The van der Waals surface area contributed by atoms with Crippen molar-refractivity contribution in [1.82, 2.24) is 10.2 Å². The fraction of sp³-hybridized carbons (Fsp3) is 0.567. The van der Waals surface area contributed by atoms with Crippen molar-refractivity contribution in [3.05, 3.63) is 35.9 Å². The van der Waals surface area contributed by atoms with E-state index in [1.54, 1.807) is 12.1 Å². The van der Waals surface area contributed by atoms with Crippen LogP contribution in [0.3, 0.4) is 0 Å². The summed E-state index contributed by atoms with van der Waals surface area (Å²) < 4.78 is 16.4. The largest absolute Gasteiger partial charge is 0.463 e. The molecule has 244 valence electrons. The van der Waals surface area contributed by atoms with Crippen LogP contribution < -0.4 is 15.4 Å². The second-order valence-corrected chi connectivity index (χ2v) is 9.93. The van der Waals surface area contributed by atoms with Gasteiger partial charge in [-0.25, -0.2) is 0 Å². The second kappa shape index (κ2) is 18.7. The Balaban J connectivity index is 0.00000330. The lowest BCUT2D eigenvalue weighted by Crippen LogP contribution is -2.51. The molecule has 0 radical (unpaired) electrons. The van der Waals surface area contributed by atoms with Crippen molar-refractivity contribution >= 4 is 35.3 Å². The molecule has 2 heterocycles. The number of imide groups is 1. The highest BCUT2D eigenvalue weighted by Gasteiger charge is 2.37. The van der Waals surface area contributed by atoms with Gasteiger partial charge < -0.3 is 40.2 Å². The number of rotatable bonds is 15. The zero-order chi connectivity index (χ0) is 32.6. The van der Waals surface area contributed by atoms with Gasteiger partial charge in [0.1, 0.15) is 24.6 Å². The van der Waals surface area contributed by atoms with Crippen LogP contribution in [0.4, 0.5) is 5.69 Å². The molecule has 44 heavy (non-hydrogen) atoms. The molecule has 1 aromatic rings. The first-order chi connectivity index (χ1) is 21.1. The number of esters is 1. The number of benzene rings is 1. The molecule has 2 aliphatic rings. The van der Waals surface area contributed by atoms with E-state index in [0.29, 0.717) is 31.4 Å². The first-order valence-electron chi connectivity index (χ1n) is 14.7. The van der Waals surface area contributed by atoms with Crippen LogP contribution in [0.2, 0.25) is 0 Å². The summed E-state index contributed by atoms with van der Waals surface area (Å²) in [7, 11) is 0. The Bertz CT molecular complexity index is 1150. The molecule has 0 spiro atoms. The molecular weight excluding hydrogens is 578 g/mol. The van der Waals surface area contributed by atoms with E-state index < -0.39 is 43.1 Å². The average molecular weight is 622 g/mol. The van der Waals surface area contributed by atoms with Crippen LogP contribution in [-0.2, 0) is 40.1 Å². The Labute approximate surface area is 256 Å². The van der Waals surface area contributed by atoms with Crippen LogP contribution in [0.25, 0.3) is 0 Å². The molecule has 3 rings (SSSR count). The number of anilines is 1. The number of ether oxygens (including phenoxy) is 3. The standard InChI is InChI=1S/C28H37N3O11.C2H6/c1-17(33)40-16-18-6-7-21(41-27-14-20(34)28(39)22(15-32)42-27)19(13-18)30-24(36)10-11-29-23(35)5-3-2-4-12-31-25(37)8-9-26(31)38;1-2/h6-9,13,20,22,27-28,32,34,39H,2-5,10-12,14-16H2,1H3,(H,29,35)(H,30,36);1-2H3. The Kier molecular flexibility index (Phi) is 15.5. The van der Waals surface area contributed by atoms with E-state index in [4.69, 9.17) is 14.2 Å². The third-order valence-electron chi connectivity index (χ3n) is 6.59. The Morgan fingerprint density at radius 1 is 1.02 bits per heavy atom. The predicted molar refractivity (Wildman–Crippen MR) is 157 cm³/mol. The van der Waals surface area contributed by atoms with Crippen LogP contribution in [-0.4, -0.2) is 94.1 Å². The van der Waals surface area contributed by atoms with Gasteiger partial charge in [-0.1, -0.05) is 26.3 Å². The number of hydrogen-bond donors (Lipinski definition) is 5. The SMILES string of the molecule is CC.CC(=O)OCc1ccc(OC2CC(O)C(O)C(CO)O2)c(NC(=O)CCNC(=O)CCCCCN2C(=O)C=CC2=O)c1. The smallest absolute Gasteiger partial charge is 0.302 e. The van der Waals surface area contributed by atoms with Gasteiger partial charge in [0.2, 0.25) is 18.1 Å². The van der Waals surface area contributed by atoms with Crippen LogP contribution in [0, 0.1) is 0 Å². The summed E-state index contributed by atoms with van der Waals surface area (Å²) in [5.41, 5.74) is 0.787. The van der Waals surface area contributed by atoms with E-state index in [9.17, 15) is 39.3 Å². The number of unbranched alkanes of at least 4 members (excludes halogenated alkanes) is 2. The summed E-state index contributed by atoms with van der Waals surface area (Å²) in [6, 6.07) is 4.69. The molecule has 0 bridgehead atoms. The number of amides is 4. The van der Waals surface area contributed by atoms with Crippen LogP contribution in [0.1, 0.15) is 64.9 Å². The Morgan fingerprint density at radius 2 is 1.73 bits per heavy atom. The number of aliphatic hydroxyl groups excluding tert-OH is 3. The summed E-state index contributed by atoms with van der Waals surface area (Å²) in [5.74, 6) is -1.64. The molecule has 0 aliphatic carbocycles. The molecule has 4 atom stereocenters. The van der Waals surface area contributed by atoms with Gasteiger partial charge in [0.05, 0.1) is 18.4 Å². The van der Waals surface area contributed by atoms with E-state index in [1.807, 2.05) is 13.8 Å². The van der Waals surface area contributed by atoms with Crippen LogP contribution in [0.15, 0.2) is 30.4 Å². The number of carbonyl (C=O) groups is 5. The van der Waals surface area contributed by atoms with Crippen molar-refractivity contribution in [2.45, 2.75) is 90.5 Å². The van der Waals surface area contributed by atoms with Gasteiger partial charge >= 0.3 is 5.97 Å². The van der Waals surface area contributed by atoms with Gasteiger partial charge in [0.15, 0.2) is 0 Å². The lowest BCUT2D eigenvalue weighted by Gasteiger charge is -2.36. The summed E-state index contributed by atoms with van der Waals surface area (Å²) >= 11 is 0. The van der Waals surface area contributed by atoms with Gasteiger partial charge in [0, 0.05) is 51.4 Å². The summed E-state index contributed by atoms with van der Waals surface area (Å²) in [6.45, 7) is 5.06. The number of carbonyl (C=O) groups excluding carboxylic acids is 5. The van der Waals surface area contributed by atoms with Crippen molar-refractivity contribution in [1.29, 1.82) is 0 Å². The molecule has 1 aromatic carbocycles. The highest BCUT2D eigenvalue weighted by Crippen LogP contribution is 2.31. The van der Waals surface area contributed by atoms with Crippen molar-refractivity contribution in [2.75, 3.05) is 25.0 Å². The van der Waals surface area contributed by atoms with Crippen LogP contribution >= 0.6 is 0 Å². The molecule has 1 fully saturated rings. The van der Waals surface area contributed by atoms with E-state index >= 15 is 0 Å². The average Bonchev–Trinajstić information content (AvgIpc) is 3.32. The van der Waals surface area contributed by atoms with Gasteiger partial charge in [0.25, 0.3) is 11.8 Å². The molecule has 0 saturated carbocycles. The summed E-state index contributed by atoms with van der Waals surface area (Å²) in [4.78, 5) is 60.3.